The number of benzene rings is 4. The summed E-state index contributed by atoms with van der Waals surface area (Å²) in [6, 6.07) is 24.5. The van der Waals surface area contributed by atoms with E-state index in [1.807, 2.05) is 48.5 Å². The van der Waals surface area contributed by atoms with Crippen LogP contribution in [0.1, 0.15) is 36.6 Å². The molecule has 4 aromatic carbocycles. The topological polar surface area (TPSA) is 69.9 Å². The molecule has 0 spiro atoms. The molecule has 44 heavy (non-hydrogen) atoms. The zero-order valence-corrected chi connectivity index (χ0v) is 28.4. The monoisotopic (exact) mass is 750 g/mol. The van der Waals surface area contributed by atoms with E-state index in [2.05, 4.69) is 55.1 Å². The molecule has 0 radical (unpaired) electrons. The number of carbonyl (C=O) groups is 1. The van der Waals surface area contributed by atoms with Gasteiger partial charge >= 0.3 is 5.97 Å². The molecule has 6 nitrogen and oxygen atoms in total. The minimum absolute atomic E-state index is 0.189. The molecule has 0 N–H and O–H groups in total. The smallest absolute Gasteiger partial charge is 0.338 e. The van der Waals surface area contributed by atoms with E-state index in [4.69, 9.17) is 21.1 Å². The largest absolute Gasteiger partial charge is 0.487 e. The average molecular weight is 753 g/mol. The second-order valence-electron chi connectivity index (χ2n) is 10.1. The van der Waals surface area contributed by atoms with Crippen molar-refractivity contribution < 1.29 is 14.3 Å². The van der Waals surface area contributed by atoms with Gasteiger partial charge in [-0.1, -0.05) is 99.5 Å². The molecule has 0 unspecified atom stereocenters. The average Bonchev–Trinajstić information content (AvgIpc) is 3.30. The van der Waals surface area contributed by atoms with Crippen LogP contribution in [0.3, 0.4) is 0 Å². The lowest BCUT2D eigenvalue weighted by atomic mass is 9.96. The van der Waals surface area contributed by atoms with Crippen LogP contribution in [0.25, 0.3) is 16.8 Å². The SMILES string of the molecule is CCOC(=O)C1=C(C)N=c2s/c(=C\c3cc(Br)cc(Br)c3OCc3cccc4ccccc34)c(=O)n2[C@H]1c1ccccc1Cl. The van der Waals surface area contributed by atoms with Gasteiger partial charge in [-0.2, -0.15) is 0 Å². The van der Waals surface area contributed by atoms with Crippen LogP contribution in [0, 0.1) is 0 Å². The Bertz CT molecular complexity index is 2150. The van der Waals surface area contributed by atoms with Crippen LogP contribution < -0.4 is 19.6 Å². The highest BCUT2D eigenvalue weighted by Crippen LogP contribution is 2.36. The Morgan fingerprint density at radius 1 is 1.07 bits per heavy atom. The quantitative estimate of drug-likeness (QED) is 0.160. The van der Waals surface area contributed by atoms with Crippen LogP contribution in [-0.4, -0.2) is 17.1 Å². The number of fused-ring (bicyclic) bond motifs is 2. The summed E-state index contributed by atoms with van der Waals surface area (Å²) < 4.78 is 15.3. The molecule has 0 bridgehead atoms. The fourth-order valence-corrected chi connectivity index (χ4v) is 7.98. The highest BCUT2D eigenvalue weighted by atomic mass is 79.9. The van der Waals surface area contributed by atoms with Crippen molar-refractivity contribution >= 4 is 77.6 Å². The molecule has 5 aromatic rings. The Balaban J connectivity index is 1.48. The third-order valence-electron chi connectivity index (χ3n) is 7.29. The normalized spacial score (nSPS) is 14.8. The van der Waals surface area contributed by atoms with Gasteiger partial charge in [0.15, 0.2) is 4.80 Å². The molecule has 10 heteroatoms. The first-order valence-electron chi connectivity index (χ1n) is 13.8. The summed E-state index contributed by atoms with van der Waals surface area (Å²) in [6.07, 6.45) is 1.80. The molecule has 0 amide bonds. The van der Waals surface area contributed by atoms with Gasteiger partial charge in [0.2, 0.25) is 0 Å². The van der Waals surface area contributed by atoms with E-state index in [9.17, 15) is 9.59 Å². The molecule has 0 saturated heterocycles. The minimum atomic E-state index is -0.794. The highest BCUT2D eigenvalue weighted by Gasteiger charge is 2.34. The van der Waals surface area contributed by atoms with Crippen LogP contribution in [0.5, 0.6) is 5.75 Å². The summed E-state index contributed by atoms with van der Waals surface area (Å²) in [4.78, 5) is 32.5. The van der Waals surface area contributed by atoms with E-state index in [0.717, 1.165) is 25.3 Å². The maximum atomic E-state index is 14.2. The van der Waals surface area contributed by atoms with Gasteiger partial charge < -0.3 is 9.47 Å². The summed E-state index contributed by atoms with van der Waals surface area (Å²) in [6.45, 7) is 4.01. The lowest BCUT2D eigenvalue weighted by Crippen LogP contribution is -2.40. The third-order valence-corrected chi connectivity index (χ3v) is 9.67. The Labute approximate surface area is 279 Å². The maximum absolute atomic E-state index is 14.2. The number of halogens is 3. The predicted octanol–water partition coefficient (Wildman–Crippen LogP) is 7.71. The molecular weight excluding hydrogens is 728 g/mol. The molecular formula is C34H25Br2ClN2O4S. The molecule has 1 aliphatic heterocycles. The van der Waals surface area contributed by atoms with Gasteiger partial charge in [0.25, 0.3) is 5.56 Å². The van der Waals surface area contributed by atoms with E-state index in [-0.39, 0.29) is 17.7 Å². The predicted molar refractivity (Wildman–Crippen MR) is 182 cm³/mol. The molecule has 0 saturated carbocycles. The van der Waals surface area contributed by atoms with Crippen LogP contribution in [0.4, 0.5) is 0 Å². The fraction of sp³-hybridized carbons (Fsp3) is 0.147. The van der Waals surface area contributed by atoms with Gasteiger partial charge in [0, 0.05) is 15.1 Å². The standard InChI is InChI=1S/C34H25Br2ClN2O4S/c1-3-42-33(41)29-19(2)38-34-39(30(29)25-13-6-7-14-27(25)37)32(40)28(44-34)16-22-15-23(35)17-26(36)31(22)43-18-21-11-8-10-20-9-4-5-12-24(20)21/h4-17,30H,3,18H2,1-2H3/b28-16-/t30-/m0/s1. The first-order valence-corrected chi connectivity index (χ1v) is 16.6. The van der Waals surface area contributed by atoms with E-state index in [0.29, 0.717) is 43.5 Å². The molecule has 6 rings (SSSR count). The van der Waals surface area contributed by atoms with Crippen molar-refractivity contribution in [2.75, 3.05) is 6.61 Å². The van der Waals surface area contributed by atoms with Crippen molar-refractivity contribution in [1.82, 2.24) is 4.57 Å². The zero-order chi connectivity index (χ0) is 31.0. The Hall–Kier alpha value is -3.50. The lowest BCUT2D eigenvalue weighted by molar-refractivity contribution is -0.139. The number of hydrogen-bond acceptors (Lipinski definition) is 6. The number of ether oxygens (including phenoxy) is 2. The minimum Gasteiger partial charge on any atom is -0.487 e. The molecule has 0 fully saturated rings. The van der Waals surface area contributed by atoms with Gasteiger partial charge in [-0.25, -0.2) is 9.79 Å². The first kappa shape index (κ1) is 30.5. The van der Waals surface area contributed by atoms with Gasteiger partial charge in [0.05, 0.1) is 26.9 Å². The van der Waals surface area contributed by atoms with Gasteiger partial charge in [0.1, 0.15) is 18.4 Å². The van der Waals surface area contributed by atoms with Crippen molar-refractivity contribution in [3.63, 3.8) is 0 Å². The number of nitrogens with zero attached hydrogens (tertiary/aromatic N) is 2. The fourth-order valence-electron chi connectivity index (χ4n) is 5.33. The van der Waals surface area contributed by atoms with E-state index in [1.54, 1.807) is 32.1 Å². The first-order chi connectivity index (χ1) is 21.3. The second kappa shape index (κ2) is 12.9. The molecule has 222 valence electrons. The Kier molecular flexibility index (Phi) is 8.91. The summed E-state index contributed by atoms with van der Waals surface area (Å²) in [5.41, 5.74) is 2.82. The lowest BCUT2D eigenvalue weighted by Gasteiger charge is -2.25. The zero-order valence-electron chi connectivity index (χ0n) is 23.6. The molecule has 1 atom stereocenters. The van der Waals surface area contributed by atoms with Crippen molar-refractivity contribution in [2.24, 2.45) is 4.99 Å². The maximum Gasteiger partial charge on any atom is 0.338 e. The molecule has 2 heterocycles. The number of carbonyl (C=O) groups excluding carboxylic acids is 1. The summed E-state index contributed by atoms with van der Waals surface area (Å²) >= 11 is 15.1. The van der Waals surface area contributed by atoms with Gasteiger partial charge in [-0.05, 0) is 76.0 Å². The van der Waals surface area contributed by atoms with Gasteiger partial charge in [-0.15, -0.1) is 0 Å². The van der Waals surface area contributed by atoms with Crippen LogP contribution in [0.15, 0.2) is 109 Å². The number of rotatable bonds is 7. The summed E-state index contributed by atoms with van der Waals surface area (Å²) in [5.74, 6) is 0.0611. The Morgan fingerprint density at radius 3 is 2.61 bits per heavy atom. The van der Waals surface area contributed by atoms with E-state index < -0.39 is 12.0 Å². The van der Waals surface area contributed by atoms with E-state index >= 15 is 0 Å². The van der Waals surface area contributed by atoms with Crippen molar-refractivity contribution in [1.29, 1.82) is 0 Å². The third kappa shape index (κ3) is 5.81. The number of hydrogen-bond donors (Lipinski definition) is 0. The molecule has 1 aliphatic rings. The van der Waals surface area contributed by atoms with Crippen LogP contribution in [0.2, 0.25) is 5.02 Å². The second-order valence-corrected chi connectivity index (χ2v) is 13.2. The van der Waals surface area contributed by atoms with E-state index in [1.165, 1.54) is 15.9 Å². The summed E-state index contributed by atoms with van der Waals surface area (Å²) in [7, 11) is 0. The van der Waals surface area contributed by atoms with Crippen LogP contribution >= 0.6 is 54.8 Å². The highest BCUT2D eigenvalue weighted by molar-refractivity contribution is 9.11. The molecule has 0 aliphatic carbocycles. The number of aromatic nitrogens is 1. The number of thiazole rings is 1. The number of allylic oxidation sites excluding steroid dienone is 1. The van der Waals surface area contributed by atoms with Gasteiger partial charge in [-0.3, -0.25) is 9.36 Å². The summed E-state index contributed by atoms with van der Waals surface area (Å²) in [5, 5.41) is 2.68. The van der Waals surface area contributed by atoms with Crippen LogP contribution in [-0.2, 0) is 16.1 Å². The number of esters is 1. The van der Waals surface area contributed by atoms with Crippen molar-refractivity contribution in [3.05, 3.63) is 140 Å². The molecule has 1 aromatic heterocycles. The van der Waals surface area contributed by atoms with Crippen molar-refractivity contribution in [2.45, 2.75) is 26.5 Å². The Morgan fingerprint density at radius 2 is 1.82 bits per heavy atom. The van der Waals surface area contributed by atoms with Crippen molar-refractivity contribution in [3.8, 4) is 5.75 Å².